The summed E-state index contributed by atoms with van der Waals surface area (Å²) in [6.07, 6.45) is 1.50. The van der Waals surface area contributed by atoms with Crippen molar-refractivity contribution in [3.8, 4) is 11.5 Å². The predicted octanol–water partition coefficient (Wildman–Crippen LogP) is 5.80. The van der Waals surface area contributed by atoms with Crippen LogP contribution in [0.3, 0.4) is 0 Å². The number of nitro benzene ring substituents is 1. The van der Waals surface area contributed by atoms with Gasteiger partial charge in [-0.05, 0) is 79.1 Å². The van der Waals surface area contributed by atoms with E-state index >= 15 is 0 Å². The molecule has 0 heterocycles. The highest BCUT2D eigenvalue weighted by molar-refractivity contribution is 9.10. The van der Waals surface area contributed by atoms with Crippen LogP contribution in [0.4, 0.5) is 16.2 Å². The minimum absolute atomic E-state index is 0.0247. The fraction of sp³-hybridized carbons (Fsp3) is 0.167. The van der Waals surface area contributed by atoms with Crippen molar-refractivity contribution in [3.63, 3.8) is 0 Å². The zero-order valence-corrected chi connectivity index (χ0v) is 20.2. The molecule has 2 N–H and O–H groups in total. The Balaban J connectivity index is 1.60. The average molecular weight is 527 g/mol. The lowest BCUT2D eigenvalue weighted by Crippen LogP contribution is -2.24. The summed E-state index contributed by atoms with van der Waals surface area (Å²) in [5.74, 6) is 1.04. The van der Waals surface area contributed by atoms with Gasteiger partial charge in [0.2, 0.25) is 0 Å². The second-order valence-corrected chi connectivity index (χ2v) is 7.99. The first kappa shape index (κ1) is 24.7. The molecule has 0 fully saturated rings. The molecule has 176 valence electrons. The van der Waals surface area contributed by atoms with Crippen molar-refractivity contribution < 1.29 is 19.2 Å². The van der Waals surface area contributed by atoms with Crippen molar-refractivity contribution in [3.05, 3.63) is 91.9 Å². The van der Waals surface area contributed by atoms with Crippen molar-refractivity contribution in [1.29, 1.82) is 0 Å². The van der Waals surface area contributed by atoms with Gasteiger partial charge in [-0.25, -0.2) is 10.2 Å². The number of nitrogens with zero attached hydrogens (tertiary/aromatic N) is 2. The molecule has 0 atom stereocenters. The Kier molecular flexibility index (Phi) is 8.58. The molecule has 0 spiro atoms. The Hall–Kier alpha value is -3.92. The molecule has 9 nitrogen and oxygen atoms in total. The van der Waals surface area contributed by atoms with Gasteiger partial charge in [0.25, 0.3) is 5.69 Å². The molecule has 10 heteroatoms. The van der Waals surface area contributed by atoms with Crippen LogP contribution in [0.15, 0.2) is 70.2 Å². The van der Waals surface area contributed by atoms with E-state index in [1.165, 1.54) is 18.3 Å². The van der Waals surface area contributed by atoms with E-state index < -0.39 is 11.0 Å². The lowest BCUT2D eigenvalue weighted by Gasteiger charge is -2.12. The van der Waals surface area contributed by atoms with E-state index in [0.29, 0.717) is 29.4 Å². The van der Waals surface area contributed by atoms with Crippen LogP contribution in [0.2, 0.25) is 0 Å². The number of halogens is 1. The summed E-state index contributed by atoms with van der Waals surface area (Å²) >= 11 is 3.42. The van der Waals surface area contributed by atoms with Gasteiger partial charge in [0.15, 0.2) is 11.5 Å². The van der Waals surface area contributed by atoms with Crippen LogP contribution in [-0.2, 0) is 6.61 Å². The van der Waals surface area contributed by atoms with Gasteiger partial charge in [-0.3, -0.25) is 10.1 Å². The quantitative estimate of drug-likeness (QED) is 0.207. The van der Waals surface area contributed by atoms with Crippen LogP contribution in [0.25, 0.3) is 0 Å². The number of non-ortho nitro benzene ring substituents is 1. The largest absolute Gasteiger partial charge is 0.490 e. The molecular formula is C24H23BrN4O5. The minimum atomic E-state index is -0.467. The third-order valence-corrected chi connectivity index (χ3v) is 5.49. The summed E-state index contributed by atoms with van der Waals surface area (Å²) in [6.45, 7) is 4.45. The predicted molar refractivity (Wildman–Crippen MR) is 134 cm³/mol. The van der Waals surface area contributed by atoms with Gasteiger partial charge in [0, 0.05) is 22.3 Å². The molecule has 0 radical (unpaired) electrons. The number of anilines is 1. The number of hydrogen-bond acceptors (Lipinski definition) is 6. The first-order valence-corrected chi connectivity index (χ1v) is 11.1. The summed E-state index contributed by atoms with van der Waals surface area (Å²) in [6, 6.07) is 16.4. The smallest absolute Gasteiger partial charge is 0.339 e. The zero-order valence-electron chi connectivity index (χ0n) is 18.6. The highest BCUT2D eigenvalue weighted by Gasteiger charge is 2.09. The number of rotatable bonds is 9. The number of benzene rings is 3. The molecule has 3 aromatic carbocycles. The second kappa shape index (κ2) is 11.8. The highest BCUT2D eigenvalue weighted by atomic mass is 79.9. The molecule has 0 unspecified atom stereocenters. The van der Waals surface area contributed by atoms with Crippen LogP contribution in [0.1, 0.15) is 23.6 Å². The Morgan fingerprint density at radius 2 is 1.85 bits per heavy atom. The van der Waals surface area contributed by atoms with Crippen molar-refractivity contribution in [1.82, 2.24) is 5.43 Å². The number of carbonyl (C=O) groups is 1. The molecule has 0 aliphatic rings. The van der Waals surface area contributed by atoms with E-state index in [4.69, 9.17) is 9.47 Å². The minimum Gasteiger partial charge on any atom is -0.490 e. The molecule has 34 heavy (non-hydrogen) atoms. The summed E-state index contributed by atoms with van der Waals surface area (Å²) in [4.78, 5) is 22.4. The lowest BCUT2D eigenvalue weighted by molar-refractivity contribution is -0.384. The number of nitro groups is 1. The maximum absolute atomic E-state index is 12.1. The number of hydrogen-bond donors (Lipinski definition) is 2. The van der Waals surface area contributed by atoms with Crippen LogP contribution in [0, 0.1) is 17.0 Å². The molecule has 2 amide bonds. The van der Waals surface area contributed by atoms with Gasteiger partial charge < -0.3 is 14.8 Å². The maximum Gasteiger partial charge on any atom is 0.339 e. The highest BCUT2D eigenvalue weighted by Crippen LogP contribution is 2.29. The van der Waals surface area contributed by atoms with Crippen molar-refractivity contribution >= 4 is 39.6 Å². The monoisotopic (exact) mass is 526 g/mol. The zero-order chi connectivity index (χ0) is 24.5. The van der Waals surface area contributed by atoms with E-state index in [0.717, 1.165) is 15.6 Å². The van der Waals surface area contributed by atoms with E-state index in [1.54, 1.807) is 36.4 Å². The van der Waals surface area contributed by atoms with E-state index in [-0.39, 0.29) is 12.3 Å². The number of ether oxygens (including phenoxy) is 2. The summed E-state index contributed by atoms with van der Waals surface area (Å²) in [5, 5.41) is 17.5. The van der Waals surface area contributed by atoms with Gasteiger partial charge in [-0.2, -0.15) is 5.10 Å². The van der Waals surface area contributed by atoms with Gasteiger partial charge in [0.05, 0.1) is 17.7 Å². The Morgan fingerprint density at radius 1 is 1.09 bits per heavy atom. The Labute approximate surface area is 205 Å². The Bertz CT molecular complexity index is 1200. The van der Waals surface area contributed by atoms with Gasteiger partial charge in [-0.15, -0.1) is 0 Å². The number of hydrazone groups is 1. The summed E-state index contributed by atoms with van der Waals surface area (Å²) in [5.41, 5.74) is 5.59. The number of nitrogens with one attached hydrogen (secondary N) is 2. The number of carbonyl (C=O) groups excluding carboxylic acids is 1. The van der Waals surface area contributed by atoms with Crippen molar-refractivity contribution in [2.24, 2.45) is 5.10 Å². The topological polar surface area (TPSA) is 115 Å². The molecular weight excluding hydrogens is 504 g/mol. The van der Waals surface area contributed by atoms with E-state index in [1.807, 2.05) is 26.0 Å². The lowest BCUT2D eigenvalue weighted by atomic mass is 10.2. The van der Waals surface area contributed by atoms with Crippen LogP contribution >= 0.6 is 15.9 Å². The Morgan fingerprint density at radius 3 is 2.53 bits per heavy atom. The molecule has 0 aliphatic carbocycles. The maximum atomic E-state index is 12.1. The number of urea groups is 1. The van der Waals surface area contributed by atoms with E-state index in [2.05, 4.69) is 31.8 Å². The third-order valence-electron chi connectivity index (χ3n) is 4.60. The van der Waals surface area contributed by atoms with Crippen molar-refractivity contribution in [2.45, 2.75) is 20.5 Å². The number of amides is 2. The summed E-state index contributed by atoms with van der Waals surface area (Å²) < 4.78 is 12.5. The normalized spacial score (nSPS) is 10.7. The van der Waals surface area contributed by atoms with Crippen LogP contribution < -0.4 is 20.2 Å². The van der Waals surface area contributed by atoms with Crippen LogP contribution in [-0.4, -0.2) is 23.8 Å². The summed E-state index contributed by atoms with van der Waals surface area (Å²) in [7, 11) is 0. The fourth-order valence-electron chi connectivity index (χ4n) is 2.91. The molecule has 0 aromatic heterocycles. The molecule has 0 saturated heterocycles. The molecule has 0 aliphatic heterocycles. The standard InChI is InChI=1S/C24H23BrN4O5/c1-3-33-23-13-18(14-26-28-24(30)27-19-7-10-21(25)16(2)12-19)6-11-22(23)34-15-17-4-8-20(9-5-17)29(31)32/h4-14H,3,15H2,1-2H3,(H2,27,28,30)/b26-14+. The van der Waals surface area contributed by atoms with Crippen molar-refractivity contribution in [2.75, 3.05) is 11.9 Å². The van der Waals surface area contributed by atoms with Gasteiger partial charge in [0.1, 0.15) is 6.61 Å². The average Bonchev–Trinajstić information content (AvgIpc) is 2.81. The molecule has 3 aromatic rings. The SMILES string of the molecule is CCOc1cc(/C=N/NC(=O)Nc2ccc(Br)c(C)c2)ccc1OCc1ccc([N+](=O)[O-])cc1. The second-order valence-electron chi connectivity index (χ2n) is 7.14. The van der Waals surface area contributed by atoms with Gasteiger partial charge >= 0.3 is 6.03 Å². The first-order valence-electron chi connectivity index (χ1n) is 10.3. The van der Waals surface area contributed by atoms with Crippen LogP contribution in [0.5, 0.6) is 11.5 Å². The molecule has 0 bridgehead atoms. The number of aryl methyl sites for hydroxylation is 1. The molecule has 3 rings (SSSR count). The molecule has 0 saturated carbocycles. The first-order chi connectivity index (χ1) is 16.4. The third kappa shape index (κ3) is 7.04. The van der Waals surface area contributed by atoms with E-state index in [9.17, 15) is 14.9 Å². The van der Waals surface area contributed by atoms with Gasteiger partial charge in [-0.1, -0.05) is 15.9 Å². The fourth-order valence-corrected chi connectivity index (χ4v) is 3.16.